The Balaban J connectivity index is 1.78. The Bertz CT molecular complexity index is 1270. The monoisotopic (exact) mass is 430 g/mol. The molecule has 0 spiro atoms. The molecule has 2 heterocycles. The Hall–Kier alpha value is -3.91. The third-order valence-corrected chi connectivity index (χ3v) is 5.77. The summed E-state index contributed by atoms with van der Waals surface area (Å²) < 4.78 is 0. The van der Waals surface area contributed by atoms with Crippen molar-refractivity contribution in [3.8, 4) is 21.7 Å². The zero-order valence-electron chi connectivity index (χ0n) is 16.8. The number of thiazole rings is 1. The Labute approximate surface area is 182 Å². The molecule has 0 atom stereocenters. The van der Waals surface area contributed by atoms with E-state index in [9.17, 15) is 14.9 Å². The van der Waals surface area contributed by atoms with Gasteiger partial charge < -0.3 is 0 Å². The Morgan fingerprint density at radius 2 is 1.74 bits per heavy atom. The van der Waals surface area contributed by atoms with Crippen molar-refractivity contribution in [3.05, 3.63) is 93.8 Å². The van der Waals surface area contributed by atoms with Gasteiger partial charge in [0, 0.05) is 35.7 Å². The van der Waals surface area contributed by atoms with Crippen molar-refractivity contribution in [2.24, 2.45) is 0 Å². The van der Waals surface area contributed by atoms with Crippen LogP contribution in [0.15, 0.2) is 67.0 Å². The van der Waals surface area contributed by atoms with Crippen molar-refractivity contribution < 1.29 is 9.72 Å². The van der Waals surface area contributed by atoms with Gasteiger partial charge in [-0.2, -0.15) is 0 Å². The minimum atomic E-state index is -0.434. The van der Waals surface area contributed by atoms with Gasteiger partial charge in [-0.1, -0.05) is 35.1 Å². The van der Waals surface area contributed by atoms with Crippen molar-refractivity contribution >= 4 is 28.1 Å². The fourth-order valence-corrected chi connectivity index (χ4v) is 4.31. The van der Waals surface area contributed by atoms with E-state index in [1.807, 2.05) is 26.0 Å². The molecule has 1 N–H and O–H groups in total. The minimum absolute atomic E-state index is 0.0123. The molecule has 2 aromatic carbocycles. The largest absolute Gasteiger partial charge is 0.298 e. The molecule has 1 amide bonds. The first kappa shape index (κ1) is 20.4. The molecule has 0 fully saturated rings. The highest BCUT2D eigenvalue weighted by atomic mass is 32.1. The van der Waals surface area contributed by atoms with Crippen molar-refractivity contribution in [3.63, 3.8) is 0 Å². The SMILES string of the molecule is Cc1ccc(-c2sc(NC(=O)c3ccncc3)nc2-c2ccc([N+](=O)[O-])cc2)c(C)c1. The molecule has 0 aliphatic heterocycles. The van der Waals surface area contributed by atoms with Gasteiger partial charge in [0.05, 0.1) is 15.5 Å². The number of rotatable bonds is 5. The van der Waals surface area contributed by atoms with Crippen LogP contribution in [0.2, 0.25) is 0 Å². The second-order valence-corrected chi connectivity index (χ2v) is 8.01. The van der Waals surface area contributed by atoms with Gasteiger partial charge in [-0.05, 0) is 49.2 Å². The fourth-order valence-electron chi connectivity index (χ4n) is 3.23. The number of pyridine rings is 1. The van der Waals surface area contributed by atoms with Crippen LogP contribution in [0.25, 0.3) is 21.7 Å². The van der Waals surface area contributed by atoms with Crippen molar-refractivity contribution in [2.45, 2.75) is 13.8 Å². The maximum absolute atomic E-state index is 12.6. The quantitative estimate of drug-likeness (QED) is 0.326. The minimum Gasteiger partial charge on any atom is -0.298 e. The van der Waals surface area contributed by atoms with E-state index in [4.69, 9.17) is 0 Å². The van der Waals surface area contributed by atoms with Crippen LogP contribution >= 0.6 is 11.3 Å². The van der Waals surface area contributed by atoms with Gasteiger partial charge in [0.1, 0.15) is 0 Å². The van der Waals surface area contributed by atoms with Crippen molar-refractivity contribution in [2.75, 3.05) is 5.32 Å². The third-order valence-electron chi connectivity index (χ3n) is 4.77. The molecule has 0 bridgehead atoms. The molecule has 0 saturated heterocycles. The number of nitrogens with one attached hydrogen (secondary N) is 1. The van der Waals surface area contributed by atoms with E-state index < -0.39 is 4.92 Å². The topological polar surface area (TPSA) is 98.0 Å². The summed E-state index contributed by atoms with van der Waals surface area (Å²) in [6.07, 6.45) is 3.11. The van der Waals surface area contributed by atoms with E-state index in [1.165, 1.54) is 23.5 Å². The lowest BCUT2D eigenvalue weighted by Gasteiger charge is -2.07. The first-order valence-corrected chi connectivity index (χ1v) is 10.3. The van der Waals surface area contributed by atoms with Gasteiger partial charge in [-0.3, -0.25) is 25.2 Å². The molecule has 2 aromatic heterocycles. The molecule has 31 heavy (non-hydrogen) atoms. The average Bonchev–Trinajstić information content (AvgIpc) is 3.17. The third kappa shape index (κ3) is 4.34. The molecular formula is C23H18N4O3S. The van der Waals surface area contributed by atoms with E-state index in [0.717, 1.165) is 27.1 Å². The Morgan fingerprint density at radius 3 is 2.39 bits per heavy atom. The van der Waals surface area contributed by atoms with Crippen LogP contribution in [0, 0.1) is 24.0 Å². The van der Waals surface area contributed by atoms with Crippen LogP contribution in [0.1, 0.15) is 21.5 Å². The Morgan fingerprint density at radius 1 is 1.03 bits per heavy atom. The number of hydrogen-bond acceptors (Lipinski definition) is 6. The van der Waals surface area contributed by atoms with Gasteiger partial charge in [0.15, 0.2) is 5.13 Å². The van der Waals surface area contributed by atoms with Crippen LogP contribution in [0.3, 0.4) is 0 Å². The van der Waals surface area contributed by atoms with Gasteiger partial charge in [-0.15, -0.1) is 0 Å². The fraction of sp³-hybridized carbons (Fsp3) is 0.0870. The highest BCUT2D eigenvalue weighted by molar-refractivity contribution is 7.19. The number of nitro benzene ring substituents is 1. The van der Waals surface area contributed by atoms with E-state index >= 15 is 0 Å². The number of carbonyl (C=O) groups excluding carboxylic acids is 1. The summed E-state index contributed by atoms with van der Waals surface area (Å²) in [7, 11) is 0. The number of anilines is 1. The lowest BCUT2D eigenvalue weighted by Crippen LogP contribution is -2.11. The molecule has 0 aliphatic rings. The number of aromatic nitrogens is 2. The lowest BCUT2D eigenvalue weighted by molar-refractivity contribution is -0.384. The molecule has 4 rings (SSSR count). The summed E-state index contributed by atoms with van der Waals surface area (Å²) in [5.41, 5.74) is 5.13. The summed E-state index contributed by atoms with van der Waals surface area (Å²) >= 11 is 1.37. The summed E-state index contributed by atoms with van der Waals surface area (Å²) in [5, 5.41) is 14.3. The molecule has 154 valence electrons. The molecule has 7 nitrogen and oxygen atoms in total. The van der Waals surface area contributed by atoms with E-state index in [2.05, 4.69) is 21.4 Å². The standard InChI is InChI=1S/C23H18N4O3S/c1-14-3-8-19(15(2)13-14)21-20(16-4-6-18(7-5-16)27(29)30)25-23(31-21)26-22(28)17-9-11-24-12-10-17/h3-13H,1-2H3,(H,25,26,28). The molecule has 0 saturated carbocycles. The molecule has 8 heteroatoms. The summed E-state index contributed by atoms with van der Waals surface area (Å²) in [6, 6.07) is 15.7. The van der Waals surface area contributed by atoms with Gasteiger partial charge in [0.2, 0.25) is 0 Å². The Kier molecular flexibility index (Phi) is 5.55. The van der Waals surface area contributed by atoms with E-state index in [-0.39, 0.29) is 11.6 Å². The smallest absolute Gasteiger partial charge is 0.269 e. The summed E-state index contributed by atoms with van der Waals surface area (Å²) in [4.78, 5) is 32.6. The summed E-state index contributed by atoms with van der Waals surface area (Å²) in [5.74, 6) is -0.279. The highest BCUT2D eigenvalue weighted by Crippen LogP contribution is 2.41. The second kappa shape index (κ2) is 8.45. The molecule has 4 aromatic rings. The molecule has 0 unspecified atom stereocenters. The van der Waals surface area contributed by atoms with Crippen LogP contribution in [0.5, 0.6) is 0 Å². The maximum atomic E-state index is 12.6. The number of carbonyl (C=O) groups is 1. The zero-order valence-corrected chi connectivity index (χ0v) is 17.6. The first-order chi connectivity index (χ1) is 14.9. The van der Waals surface area contributed by atoms with Crippen LogP contribution < -0.4 is 5.32 Å². The van der Waals surface area contributed by atoms with Gasteiger partial charge >= 0.3 is 0 Å². The number of benzene rings is 2. The van der Waals surface area contributed by atoms with Crippen LogP contribution in [0.4, 0.5) is 10.8 Å². The van der Waals surface area contributed by atoms with Crippen molar-refractivity contribution in [1.82, 2.24) is 9.97 Å². The summed E-state index contributed by atoms with van der Waals surface area (Å²) in [6.45, 7) is 4.05. The van der Waals surface area contributed by atoms with E-state index in [1.54, 1.807) is 36.7 Å². The molecule has 0 radical (unpaired) electrons. The normalized spacial score (nSPS) is 10.6. The van der Waals surface area contributed by atoms with Crippen molar-refractivity contribution in [1.29, 1.82) is 0 Å². The molecular weight excluding hydrogens is 412 g/mol. The number of non-ortho nitro benzene ring substituents is 1. The van der Waals surface area contributed by atoms with Crippen LogP contribution in [-0.2, 0) is 0 Å². The number of nitrogens with zero attached hydrogens (tertiary/aromatic N) is 3. The number of amides is 1. The zero-order chi connectivity index (χ0) is 22.0. The van der Waals surface area contributed by atoms with Gasteiger partial charge in [-0.25, -0.2) is 4.98 Å². The predicted octanol–water partition coefficient (Wildman–Crippen LogP) is 5.65. The predicted molar refractivity (Wildman–Crippen MR) is 121 cm³/mol. The average molecular weight is 430 g/mol. The number of hydrogen-bond donors (Lipinski definition) is 1. The maximum Gasteiger partial charge on any atom is 0.269 e. The second-order valence-electron chi connectivity index (χ2n) is 7.01. The molecule has 0 aliphatic carbocycles. The number of aryl methyl sites for hydroxylation is 2. The van der Waals surface area contributed by atoms with Gasteiger partial charge in [0.25, 0.3) is 11.6 Å². The first-order valence-electron chi connectivity index (χ1n) is 9.47. The van der Waals surface area contributed by atoms with E-state index in [0.29, 0.717) is 16.4 Å². The highest BCUT2D eigenvalue weighted by Gasteiger charge is 2.19. The van der Waals surface area contributed by atoms with Crippen LogP contribution in [-0.4, -0.2) is 20.8 Å². The number of nitro groups is 1. The lowest BCUT2D eigenvalue weighted by atomic mass is 10.0.